The zero-order chi connectivity index (χ0) is 24.3. The van der Waals surface area contributed by atoms with Gasteiger partial charge in [-0.25, -0.2) is 0 Å². The van der Waals surface area contributed by atoms with E-state index in [0.29, 0.717) is 49.5 Å². The Balaban J connectivity index is 1.56. The second kappa shape index (κ2) is 13.2. The van der Waals surface area contributed by atoms with Gasteiger partial charge in [-0.3, -0.25) is 4.79 Å². The molecule has 0 aliphatic rings. The number of Topliss-reactive ketones (excluding diaryl/α,β-unsaturated/α-hetero) is 1. The van der Waals surface area contributed by atoms with Gasteiger partial charge in [-0.15, -0.1) is 0 Å². The SMILES string of the molecule is COc1cc(OC)c(OCc2ccccc2)cc1CCC(O)CC(=O)CCc1ccc(Br)cc1. The van der Waals surface area contributed by atoms with Crippen molar-refractivity contribution in [3.8, 4) is 17.2 Å². The van der Waals surface area contributed by atoms with E-state index in [-0.39, 0.29) is 12.2 Å². The molecule has 0 fully saturated rings. The summed E-state index contributed by atoms with van der Waals surface area (Å²) in [7, 11) is 3.19. The van der Waals surface area contributed by atoms with E-state index in [1.165, 1.54) is 0 Å². The summed E-state index contributed by atoms with van der Waals surface area (Å²) in [6.07, 6.45) is 1.53. The molecule has 1 atom stereocenters. The lowest BCUT2D eigenvalue weighted by Crippen LogP contribution is -2.15. The van der Waals surface area contributed by atoms with E-state index in [0.717, 1.165) is 21.2 Å². The van der Waals surface area contributed by atoms with Crippen molar-refractivity contribution in [3.05, 3.63) is 87.9 Å². The maximum atomic E-state index is 12.4. The summed E-state index contributed by atoms with van der Waals surface area (Å²) in [6, 6.07) is 21.5. The van der Waals surface area contributed by atoms with Gasteiger partial charge in [0.1, 0.15) is 18.1 Å². The Morgan fingerprint density at radius 2 is 1.59 bits per heavy atom. The van der Waals surface area contributed by atoms with E-state index in [9.17, 15) is 9.90 Å². The van der Waals surface area contributed by atoms with E-state index >= 15 is 0 Å². The molecule has 180 valence electrons. The lowest BCUT2D eigenvalue weighted by molar-refractivity contribution is -0.120. The van der Waals surface area contributed by atoms with Crippen LogP contribution in [0.3, 0.4) is 0 Å². The second-order valence-corrected chi connectivity index (χ2v) is 9.07. The Morgan fingerprint density at radius 1 is 0.882 bits per heavy atom. The molecule has 6 heteroatoms. The molecule has 3 aromatic carbocycles. The van der Waals surface area contributed by atoms with Crippen molar-refractivity contribution < 1.29 is 24.1 Å². The summed E-state index contributed by atoms with van der Waals surface area (Å²) in [5.41, 5.74) is 3.06. The summed E-state index contributed by atoms with van der Waals surface area (Å²) in [6.45, 7) is 0.415. The van der Waals surface area contributed by atoms with E-state index in [4.69, 9.17) is 14.2 Å². The van der Waals surface area contributed by atoms with Gasteiger partial charge in [0, 0.05) is 23.4 Å². The minimum Gasteiger partial charge on any atom is -0.496 e. The number of hydrogen-bond acceptors (Lipinski definition) is 5. The lowest BCUT2D eigenvalue weighted by Gasteiger charge is -2.17. The fourth-order valence-corrected chi connectivity index (χ4v) is 3.96. The van der Waals surface area contributed by atoms with Crippen LogP contribution < -0.4 is 14.2 Å². The number of rotatable bonds is 13. The molecule has 0 saturated heterocycles. The minimum absolute atomic E-state index is 0.0593. The van der Waals surface area contributed by atoms with Crippen molar-refractivity contribution in [1.29, 1.82) is 0 Å². The summed E-state index contributed by atoms with van der Waals surface area (Å²) in [4.78, 5) is 12.4. The molecular formula is C28H31BrO5. The van der Waals surface area contributed by atoms with E-state index in [1.54, 1.807) is 20.3 Å². The summed E-state index contributed by atoms with van der Waals surface area (Å²) >= 11 is 3.41. The summed E-state index contributed by atoms with van der Waals surface area (Å²) in [5.74, 6) is 1.92. The average molecular weight is 527 g/mol. The van der Waals surface area contributed by atoms with Gasteiger partial charge < -0.3 is 19.3 Å². The first-order chi connectivity index (χ1) is 16.5. The fourth-order valence-electron chi connectivity index (χ4n) is 3.70. The first-order valence-corrected chi connectivity index (χ1v) is 12.1. The molecule has 0 amide bonds. The Bertz CT molecular complexity index is 1050. The number of hydrogen-bond donors (Lipinski definition) is 1. The Kier molecular flexibility index (Phi) is 9.98. The van der Waals surface area contributed by atoms with Gasteiger partial charge in [0.2, 0.25) is 0 Å². The molecule has 0 spiro atoms. The lowest BCUT2D eigenvalue weighted by atomic mass is 9.99. The maximum Gasteiger partial charge on any atom is 0.164 e. The summed E-state index contributed by atoms with van der Waals surface area (Å²) in [5, 5.41) is 10.5. The van der Waals surface area contributed by atoms with Crippen LogP contribution in [-0.2, 0) is 24.2 Å². The van der Waals surface area contributed by atoms with Crippen LogP contribution in [0.25, 0.3) is 0 Å². The van der Waals surface area contributed by atoms with Crippen LogP contribution in [0.4, 0.5) is 0 Å². The number of benzene rings is 3. The third-order valence-electron chi connectivity index (χ3n) is 5.62. The number of halogens is 1. The van der Waals surface area contributed by atoms with Gasteiger partial charge >= 0.3 is 0 Å². The number of carbonyl (C=O) groups excluding carboxylic acids is 1. The van der Waals surface area contributed by atoms with Crippen LogP contribution in [0.15, 0.2) is 71.2 Å². The van der Waals surface area contributed by atoms with Gasteiger partial charge in [0.05, 0.1) is 20.3 Å². The third kappa shape index (κ3) is 7.89. The zero-order valence-electron chi connectivity index (χ0n) is 19.6. The number of ketones is 1. The summed E-state index contributed by atoms with van der Waals surface area (Å²) < 4.78 is 18.0. The minimum atomic E-state index is -0.710. The topological polar surface area (TPSA) is 65.0 Å². The Labute approximate surface area is 209 Å². The average Bonchev–Trinajstić information content (AvgIpc) is 2.86. The predicted molar refractivity (Wildman–Crippen MR) is 137 cm³/mol. The number of carbonyl (C=O) groups is 1. The fraction of sp³-hybridized carbons (Fsp3) is 0.321. The number of aryl methyl sites for hydroxylation is 2. The Hall–Kier alpha value is -2.83. The predicted octanol–water partition coefficient (Wildman–Crippen LogP) is 5.93. The van der Waals surface area contributed by atoms with Crippen LogP contribution >= 0.6 is 15.9 Å². The maximum absolute atomic E-state index is 12.4. The molecule has 5 nitrogen and oxygen atoms in total. The van der Waals surface area contributed by atoms with Gasteiger partial charge in [-0.2, -0.15) is 0 Å². The Morgan fingerprint density at radius 3 is 2.26 bits per heavy atom. The number of aliphatic hydroxyl groups excluding tert-OH is 1. The van der Waals surface area contributed by atoms with Gasteiger partial charge in [-0.1, -0.05) is 58.4 Å². The second-order valence-electron chi connectivity index (χ2n) is 8.15. The highest BCUT2D eigenvalue weighted by atomic mass is 79.9. The first kappa shape index (κ1) is 25.8. The van der Waals surface area contributed by atoms with Crippen molar-refractivity contribution in [2.45, 2.75) is 44.8 Å². The van der Waals surface area contributed by atoms with Crippen molar-refractivity contribution in [3.63, 3.8) is 0 Å². The highest BCUT2D eigenvalue weighted by molar-refractivity contribution is 9.10. The highest BCUT2D eigenvalue weighted by Crippen LogP contribution is 2.36. The van der Waals surface area contributed by atoms with Crippen molar-refractivity contribution >= 4 is 21.7 Å². The van der Waals surface area contributed by atoms with Crippen LogP contribution in [0.5, 0.6) is 17.2 Å². The zero-order valence-corrected chi connectivity index (χ0v) is 21.2. The van der Waals surface area contributed by atoms with E-state index < -0.39 is 6.10 Å². The molecule has 0 aliphatic carbocycles. The largest absolute Gasteiger partial charge is 0.496 e. The molecule has 0 aromatic heterocycles. The van der Waals surface area contributed by atoms with Crippen LogP contribution in [-0.4, -0.2) is 31.2 Å². The highest BCUT2D eigenvalue weighted by Gasteiger charge is 2.16. The molecule has 0 radical (unpaired) electrons. The molecule has 0 saturated carbocycles. The molecule has 0 heterocycles. The first-order valence-electron chi connectivity index (χ1n) is 11.3. The van der Waals surface area contributed by atoms with Gasteiger partial charge in [0.25, 0.3) is 0 Å². The molecule has 3 rings (SSSR count). The molecule has 3 aromatic rings. The van der Waals surface area contributed by atoms with Crippen molar-refractivity contribution in [2.75, 3.05) is 14.2 Å². The quantitative estimate of drug-likeness (QED) is 0.299. The van der Waals surface area contributed by atoms with Gasteiger partial charge in [-0.05, 0) is 54.2 Å². The van der Waals surface area contributed by atoms with E-state index in [2.05, 4.69) is 15.9 Å². The van der Waals surface area contributed by atoms with Crippen LogP contribution in [0.1, 0.15) is 36.0 Å². The molecule has 0 bridgehead atoms. The monoisotopic (exact) mass is 526 g/mol. The van der Waals surface area contributed by atoms with Crippen LogP contribution in [0, 0.1) is 0 Å². The number of methoxy groups -OCH3 is 2. The van der Waals surface area contributed by atoms with Gasteiger partial charge in [0.15, 0.2) is 11.5 Å². The standard InChI is InChI=1S/C28H31BrO5/c1-32-26-18-27(33-2)28(34-19-21-6-4-3-5-7-21)16-22(26)11-15-25(31)17-24(30)14-10-20-8-12-23(29)13-9-20/h3-9,12-13,16,18,25,31H,10-11,14-15,17,19H2,1-2H3. The van der Waals surface area contributed by atoms with Crippen molar-refractivity contribution in [2.24, 2.45) is 0 Å². The number of ether oxygens (including phenoxy) is 3. The molecule has 0 aliphatic heterocycles. The van der Waals surface area contributed by atoms with Crippen molar-refractivity contribution in [1.82, 2.24) is 0 Å². The van der Waals surface area contributed by atoms with Crippen LogP contribution in [0.2, 0.25) is 0 Å². The molecular weight excluding hydrogens is 496 g/mol. The molecule has 34 heavy (non-hydrogen) atoms. The molecule has 1 N–H and O–H groups in total. The third-order valence-corrected chi connectivity index (χ3v) is 6.15. The normalized spacial score (nSPS) is 11.6. The van der Waals surface area contributed by atoms with E-state index in [1.807, 2.05) is 60.7 Å². The smallest absolute Gasteiger partial charge is 0.164 e. The molecule has 1 unspecified atom stereocenters. The number of aliphatic hydroxyl groups is 1.